The zero-order valence-corrected chi connectivity index (χ0v) is 39.3. The fraction of sp³-hybridized carbons (Fsp3) is 0.878. The van der Waals surface area contributed by atoms with E-state index in [2.05, 4.69) is 38.2 Å². The van der Waals surface area contributed by atoms with Gasteiger partial charge in [-0.05, 0) is 64.2 Å². The zero-order chi connectivity index (χ0) is 46.8. The highest BCUT2D eigenvalue weighted by Crippen LogP contribution is 2.26. The molecule has 0 amide bonds. The number of ether oxygens (including phenoxy) is 6. The van der Waals surface area contributed by atoms with Gasteiger partial charge >= 0.3 is 11.9 Å². The summed E-state index contributed by atoms with van der Waals surface area (Å²) in [6, 6.07) is 0. The highest BCUT2D eigenvalue weighted by Gasteiger charge is 2.47. The molecule has 11 atom stereocenters. The van der Waals surface area contributed by atoms with Crippen molar-refractivity contribution in [2.24, 2.45) is 0 Å². The number of unbranched alkanes of at least 4 members (excludes halogenated alkanes) is 20. The molecule has 374 valence electrons. The fourth-order valence-corrected chi connectivity index (χ4v) is 7.73. The predicted molar refractivity (Wildman–Crippen MR) is 243 cm³/mol. The molecule has 0 bridgehead atoms. The summed E-state index contributed by atoms with van der Waals surface area (Å²) < 4.78 is 33.5. The molecule has 2 aliphatic heterocycles. The second-order valence-electron chi connectivity index (χ2n) is 17.6. The lowest BCUT2D eigenvalue weighted by molar-refractivity contribution is -0.332. The number of carbonyl (C=O) groups excluding carboxylic acids is 2. The van der Waals surface area contributed by atoms with Crippen LogP contribution in [0, 0.1) is 0 Å². The highest BCUT2D eigenvalue weighted by atomic mass is 16.7. The third-order valence-corrected chi connectivity index (χ3v) is 11.9. The molecule has 2 fully saturated rings. The number of carbonyl (C=O) groups is 2. The Kier molecular flexibility index (Phi) is 33.6. The minimum absolute atomic E-state index is 0.145. The second-order valence-corrected chi connectivity index (χ2v) is 17.6. The molecule has 0 aliphatic carbocycles. The van der Waals surface area contributed by atoms with Gasteiger partial charge in [0, 0.05) is 12.8 Å². The zero-order valence-electron chi connectivity index (χ0n) is 39.3. The molecule has 0 spiro atoms. The van der Waals surface area contributed by atoms with Gasteiger partial charge in [0.15, 0.2) is 18.7 Å². The van der Waals surface area contributed by atoms with Crippen molar-refractivity contribution in [3.63, 3.8) is 0 Å². The molecule has 2 heterocycles. The molecule has 2 rings (SSSR count). The summed E-state index contributed by atoms with van der Waals surface area (Å²) in [6.45, 7) is 2.54. The first-order chi connectivity index (χ1) is 31.0. The number of aliphatic hydroxyl groups excluding tert-OH is 7. The molecule has 4 unspecified atom stereocenters. The van der Waals surface area contributed by atoms with Crippen LogP contribution in [0.1, 0.15) is 181 Å². The maximum absolute atomic E-state index is 13.0. The lowest BCUT2D eigenvalue weighted by Gasteiger charge is -2.42. The van der Waals surface area contributed by atoms with E-state index in [1.54, 1.807) is 0 Å². The number of allylic oxidation sites excluding steroid dienone is 4. The van der Waals surface area contributed by atoms with Crippen molar-refractivity contribution < 1.29 is 73.8 Å². The van der Waals surface area contributed by atoms with E-state index in [-0.39, 0.29) is 26.1 Å². The van der Waals surface area contributed by atoms with Gasteiger partial charge in [-0.1, -0.05) is 128 Å². The number of rotatable bonds is 38. The average Bonchev–Trinajstić information content (AvgIpc) is 3.29. The number of hydrogen-bond donors (Lipinski definition) is 7. The Bertz CT molecular complexity index is 1220. The first-order valence-electron chi connectivity index (χ1n) is 24.9. The van der Waals surface area contributed by atoms with E-state index in [0.717, 1.165) is 64.2 Å². The largest absolute Gasteiger partial charge is 0.462 e. The van der Waals surface area contributed by atoms with Crippen molar-refractivity contribution in [2.45, 2.75) is 248 Å². The Labute approximate surface area is 383 Å². The quantitative estimate of drug-likeness (QED) is 0.0203. The molecule has 0 saturated carbocycles. The summed E-state index contributed by atoms with van der Waals surface area (Å²) in [4.78, 5) is 25.7. The van der Waals surface area contributed by atoms with Crippen LogP contribution in [0.5, 0.6) is 0 Å². The van der Waals surface area contributed by atoms with E-state index in [1.807, 2.05) is 0 Å². The standard InChI is InChI=1S/C49H88O15/c1-3-5-7-9-11-13-15-17-18-20-22-24-26-28-30-32-41(52)62-37(34-59-40(51)31-29-27-25-23-21-19-16-14-12-10-8-6-4-2)35-60-48-47(58)45(56)43(54)39(64-48)36-61-49-46(57)44(55)42(53)38(33-50)63-49/h14,16,20,22,37-39,42-50,53-58H,3-13,15,17-19,21,23-36H2,1-2H3/b16-14+,22-20+/t37-,38-,39-,42+,43+,44?,45?,46?,47?,48-,49-/m1/s1. The third kappa shape index (κ3) is 25.2. The van der Waals surface area contributed by atoms with Gasteiger partial charge in [0.25, 0.3) is 0 Å². The molecule has 7 N–H and O–H groups in total. The van der Waals surface area contributed by atoms with Crippen LogP contribution in [0.3, 0.4) is 0 Å². The highest BCUT2D eigenvalue weighted by molar-refractivity contribution is 5.70. The van der Waals surface area contributed by atoms with Crippen LogP contribution in [0.25, 0.3) is 0 Å². The van der Waals surface area contributed by atoms with E-state index in [9.17, 15) is 45.3 Å². The fourth-order valence-electron chi connectivity index (χ4n) is 7.73. The Morgan fingerprint density at radius 3 is 1.41 bits per heavy atom. The molecule has 64 heavy (non-hydrogen) atoms. The van der Waals surface area contributed by atoms with Crippen molar-refractivity contribution in [3.05, 3.63) is 24.3 Å². The molecule has 2 aliphatic rings. The van der Waals surface area contributed by atoms with Crippen LogP contribution in [-0.4, -0.2) is 142 Å². The Morgan fingerprint density at radius 2 is 0.891 bits per heavy atom. The van der Waals surface area contributed by atoms with Crippen molar-refractivity contribution in [1.82, 2.24) is 0 Å². The van der Waals surface area contributed by atoms with Crippen LogP contribution < -0.4 is 0 Å². The first kappa shape index (κ1) is 58.1. The van der Waals surface area contributed by atoms with E-state index in [0.29, 0.717) is 12.8 Å². The normalized spacial score (nSPS) is 26.8. The van der Waals surface area contributed by atoms with Gasteiger partial charge in [0.05, 0.1) is 19.8 Å². The maximum atomic E-state index is 13.0. The Balaban J connectivity index is 1.84. The third-order valence-electron chi connectivity index (χ3n) is 11.9. The summed E-state index contributed by atoms with van der Waals surface area (Å²) in [5.74, 6) is -0.951. The van der Waals surface area contributed by atoms with Gasteiger partial charge in [-0.25, -0.2) is 0 Å². The van der Waals surface area contributed by atoms with Crippen molar-refractivity contribution in [1.29, 1.82) is 0 Å². The minimum Gasteiger partial charge on any atom is -0.462 e. The van der Waals surface area contributed by atoms with Crippen LogP contribution >= 0.6 is 0 Å². The first-order valence-corrected chi connectivity index (χ1v) is 24.9. The SMILES string of the molecule is CCCCCC/C=C/CCCCCCCC(=O)OC[C@H](CO[C@@H]1O[C@H](CO[C@@H]2O[C@H](CO)[C@H](O)C(O)C2O)[C@H](O)C(O)C1O)OC(=O)CCCCC/C=C/CCCCCCCCCC. The summed E-state index contributed by atoms with van der Waals surface area (Å²) in [5, 5.41) is 72.0. The topological polar surface area (TPSA) is 231 Å². The van der Waals surface area contributed by atoms with Gasteiger partial charge in [-0.15, -0.1) is 0 Å². The maximum Gasteiger partial charge on any atom is 0.306 e. The summed E-state index contributed by atoms with van der Waals surface area (Å²) in [6.07, 6.45) is 19.3. The smallest absolute Gasteiger partial charge is 0.306 e. The van der Waals surface area contributed by atoms with Gasteiger partial charge in [-0.3, -0.25) is 9.59 Å². The van der Waals surface area contributed by atoms with Crippen LogP contribution in [-0.2, 0) is 38.0 Å². The van der Waals surface area contributed by atoms with Crippen LogP contribution in [0.4, 0.5) is 0 Å². The Hall–Kier alpha value is -2.02. The molecule has 0 aromatic rings. The summed E-state index contributed by atoms with van der Waals surface area (Å²) >= 11 is 0. The van der Waals surface area contributed by atoms with Gasteiger partial charge in [0.2, 0.25) is 0 Å². The predicted octanol–water partition coefficient (Wildman–Crippen LogP) is 6.38. The molecule has 0 aromatic heterocycles. The monoisotopic (exact) mass is 917 g/mol. The van der Waals surface area contributed by atoms with E-state index in [1.165, 1.54) is 77.0 Å². The summed E-state index contributed by atoms with van der Waals surface area (Å²) in [5.41, 5.74) is 0. The molecular weight excluding hydrogens is 829 g/mol. The molecule has 0 radical (unpaired) electrons. The lowest BCUT2D eigenvalue weighted by atomic mass is 9.98. The van der Waals surface area contributed by atoms with E-state index >= 15 is 0 Å². The number of hydrogen-bond acceptors (Lipinski definition) is 15. The van der Waals surface area contributed by atoms with E-state index < -0.39 is 92.7 Å². The lowest BCUT2D eigenvalue weighted by Crippen LogP contribution is -2.61. The van der Waals surface area contributed by atoms with Crippen LogP contribution in [0.15, 0.2) is 24.3 Å². The summed E-state index contributed by atoms with van der Waals surface area (Å²) in [7, 11) is 0. The minimum atomic E-state index is -1.77. The van der Waals surface area contributed by atoms with Gasteiger partial charge in [0.1, 0.15) is 55.4 Å². The van der Waals surface area contributed by atoms with Crippen LogP contribution in [0.2, 0.25) is 0 Å². The van der Waals surface area contributed by atoms with E-state index in [4.69, 9.17) is 28.4 Å². The molecule has 15 heteroatoms. The average molecular weight is 917 g/mol. The molecule has 15 nitrogen and oxygen atoms in total. The number of aliphatic hydroxyl groups is 7. The Morgan fingerprint density at radius 1 is 0.484 bits per heavy atom. The van der Waals surface area contributed by atoms with Gasteiger partial charge < -0.3 is 64.2 Å². The van der Waals surface area contributed by atoms with Crippen molar-refractivity contribution >= 4 is 11.9 Å². The van der Waals surface area contributed by atoms with Crippen molar-refractivity contribution in [2.75, 3.05) is 26.4 Å². The number of esters is 2. The molecule has 2 saturated heterocycles. The van der Waals surface area contributed by atoms with Gasteiger partial charge in [-0.2, -0.15) is 0 Å². The second kappa shape index (κ2) is 37.0. The molecular formula is C49H88O15. The molecule has 0 aromatic carbocycles. The van der Waals surface area contributed by atoms with Crippen molar-refractivity contribution in [3.8, 4) is 0 Å².